The summed E-state index contributed by atoms with van der Waals surface area (Å²) in [5.41, 5.74) is 2.66. The van der Waals surface area contributed by atoms with Gasteiger partial charge in [0.05, 0.1) is 5.02 Å². The third-order valence-electron chi connectivity index (χ3n) is 3.23. The van der Waals surface area contributed by atoms with E-state index in [-0.39, 0.29) is 0 Å². The van der Waals surface area contributed by atoms with Crippen LogP contribution in [-0.4, -0.2) is 6.29 Å². The Morgan fingerprint density at radius 1 is 0.895 bits per heavy atom. The summed E-state index contributed by atoms with van der Waals surface area (Å²) >= 11 is 6.10. The van der Waals surface area contributed by atoms with E-state index in [9.17, 15) is 4.79 Å². The summed E-state index contributed by atoms with van der Waals surface area (Å²) in [5.74, 6) is 0. The maximum Gasteiger partial charge on any atom is 0.151 e. The van der Waals surface area contributed by atoms with Crippen molar-refractivity contribution in [3.05, 3.63) is 71.2 Å². The first kappa shape index (κ1) is 11.9. The van der Waals surface area contributed by atoms with E-state index in [1.54, 1.807) is 6.07 Å². The molecule has 0 N–H and O–H groups in total. The third-order valence-corrected chi connectivity index (χ3v) is 3.56. The quantitative estimate of drug-likeness (QED) is 0.598. The SMILES string of the molecule is O=Cc1ccc(-c2cccc3ccccc23)cc1Cl. The first-order valence-electron chi connectivity index (χ1n) is 6.02. The molecule has 0 amide bonds. The molecule has 3 aromatic carbocycles. The van der Waals surface area contributed by atoms with Crippen molar-refractivity contribution >= 4 is 28.7 Å². The second kappa shape index (κ2) is 4.87. The van der Waals surface area contributed by atoms with E-state index in [1.807, 2.05) is 30.3 Å². The number of carbonyl (C=O) groups excluding carboxylic acids is 1. The minimum Gasteiger partial charge on any atom is -0.298 e. The van der Waals surface area contributed by atoms with Gasteiger partial charge >= 0.3 is 0 Å². The molecule has 0 aliphatic rings. The normalized spacial score (nSPS) is 10.6. The molecule has 3 aromatic rings. The van der Waals surface area contributed by atoms with Crippen LogP contribution in [-0.2, 0) is 0 Å². The van der Waals surface area contributed by atoms with Gasteiger partial charge in [0.2, 0.25) is 0 Å². The summed E-state index contributed by atoms with van der Waals surface area (Å²) in [4.78, 5) is 10.8. The van der Waals surface area contributed by atoms with E-state index in [0.29, 0.717) is 10.6 Å². The van der Waals surface area contributed by atoms with E-state index in [2.05, 4.69) is 24.3 Å². The molecule has 0 bridgehead atoms. The topological polar surface area (TPSA) is 17.1 Å². The highest BCUT2D eigenvalue weighted by Crippen LogP contribution is 2.30. The largest absolute Gasteiger partial charge is 0.298 e. The highest BCUT2D eigenvalue weighted by molar-refractivity contribution is 6.33. The molecule has 0 aromatic heterocycles. The number of rotatable bonds is 2. The summed E-state index contributed by atoms with van der Waals surface area (Å²) < 4.78 is 0. The maximum absolute atomic E-state index is 10.8. The van der Waals surface area contributed by atoms with Crippen molar-refractivity contribution in [3.63, 3.8) is 0 Å². The van der Waals surface area contributed by atoms with Gasteiger partial charge in [-0.15, -0.1) is 0 Å². The van der Waals surface area contributed by atoms with Crippen LogP contribution in [0.3, 0.4) is 0 Å². The standard InChI is InChI=1S/C17H11ClO/c18-17-10-13(8-9-14(17)11-19)16-7-3-5-12-4-1-2-6-15(12)16/h1-11H. The van der Waals surface area contributed by atoms with Crippen LogP contribution in [0.4, 0.5) is 0 Å². The van der Waals surface area contributed by atoms with Gasteiger partial charge in [0.15, 0.2) is 6.29 Å². The van der Waals surface area contributed by atoms with Crippen LogP contribution in [0.5, 0.6) is 0 Å². The summed E-state index contributed by atoms with van der Waals surface area (Å²) in [6.45, 7) is 0. The lowest BCUT2D eigenvalue weighted by Crippen LogP contribution is -1.85. The molecule has 92 valence electrons. The lowest BCUT2D eigenvalue weighted by atomic mass is 9.98. The van der Waals surface area contributed by atoms with Crippen molar-refractivity contribution in [1.29, 1.82) is 0 Å². The lowest BCUT2D eigenvalue weighted by Gasteiger charge is -2.08. The van der Waals surface area contributed by atoms with Crippen LogP contribution >= 0.6 is 11.6 Å². The first-order valence-corrected chi connectivity index (χ1v) is 6.40. The highest BCUT2D eigenvalue weighted by Gasteiger charge is 2.06. The van der Waals surface area contributed by atoms with Gasteiger partial charge in [0, 0.05) is 5.56 Å². The Morgan fingerprint density at radius 2 is 1.68 bits per heavy atom. The molecule has 0 spiro atoms. The predicted molar refractivity (Wildman–Crippen MR) is 79.8 cm³/mol. The van der Waals surface area contributed by atoms with Crippen LogP contribution < -0.4 is 0 Å². The smallest absolute Gasteiger partial charge is 0.151 e. The van der Waals surface area contributed by atoms with Gasteiger partial charge in [0.25, 0.3) is 0 Å². The molecule has 2 heteroatoms. The lowest BCUT2D eigenvalue weighted by molar-refractivity contribution is 0.112. The molecule has 19 heavy (non-hydrogen) atoms. The van der Waals surface area contributed by atoms with E-state index in [1.165, 1.54) is 10.8 Å². The second-order valence-electron chi connectivity index (χ2n) is 4.38. The number of hydrogen-bond acceptors (Lipinski definition) is 1. The van der Waals surface area contributed by atoms with E-state index >= 15 is 0 Å². The van der Waals surface area contributed by atoms with Gasteiger partial charge in [-0.3, -0.25) is 4.79 Å². The molecule has 0 aliphatic heterocycles. The molecule has 0 atom stereocenters. The van der Waals surface area contributed by atoms with Gasteiger partial charge in [-0.1, -0.05) is 60.1 Å². The Kier molecular flexibility index (Phi) is 3.06. The summed E-state index contributed by atoms with van der Waals surface area (Å²) in [6, 6.07) is 19.9. The molecule has 0 heterocycles. The number of benzene rings is 3. The molecular formula is C17H11ClO. The monoisotopic (exact) mass is 266 g/mol. The minimum atomic E-state index is 0.487. The van der Waals surface area contributed by atoms with Crippen molar-refractivity contribution in [3.8, 4) is 11.1 Å². The number of carbonyl (C=O) groups is 1. The Bertz CT molecular complexity index is 757. The Labute approximate surface area is 116 Å². The zero-order valence-electron chi connectivity index (χ0n) is 10.1. The summed E-state index contributed by atoms with van der Waals surface area (Å²) in [7, 11) is 0. The second-order valence-corrected chi connectivity index (χ2v) is 4.79. The van der Waals surface area contributed by atoms with E-state index < -0.39 is 0 Å². The van der Waals surface area contributed by atoms with Gasteiger partial charge in [-0.2, -0.15) is 0 Å². The van der Waals surface area contributed by atoms with Crippen molar-refractivity contribution in [1.82, 2.24) is 0 Å². The van der Waals surface area contributed by atoms with Gasteiger partial charge in [-0.05, 0) is 34.0 Å². The van der Waals surface area contributed by atoms with Crippen LogP contribution in [0, 0.1) is 0 Å². The van der Waals surface area contributed by atoms with Crippen LogP contribution in [0.15, 0.2) is 60.7 Å². The molecule has 3 rings (SSSR count). The zero-order valence-corrected chi connectivity index (χ0v) is 10.9. The summed E-state index contributed by atoms with van der Waals surface area (Å²) in [5, 5.41) is 2.86. The fourth-order valence-corrected chi connectivity index (χ4v) is 2.49. The molecule has 0 saturated heterocycles. The van der Waals surface area contributed by atoms with Crippen LogP contribution in [0.2, 0.25) is 5.02 Å². The Morgan fingerprint density at radius 3 is 2.47 bits per heavy atom. The minimum absolute atomic E-state index is 0.487. The predicted octanol–water partition coefficient (Wildman–Crippen LogP) is 4.97. The summed E-state index contributed by atoms with van der Waals surface area (Å²) in [6.07, 6.45) is 0.773. The number of halogens is 1. The Hall–Kier alpha value is -2.12. The van der Waals surface area contributed by atoms with Gasteiger partial charge in [0.1, 0.15) is 0 Å². The van der Waals surface area contributed by atoms with Crippen molar-refractivity contribution in [2.75, 3.05) is 0 Å². The fraction of sp³-hybridized carbons (Fsp3) is 0. The molecule has 0 aliphatic carbocycles. The van der Waals surface area contributed by atoms with E-state index in [4.69, 9.17) is 11.6 Å². The van der Waals surface area contributed by atoms with E-state index in [0.717, 1.165) is 17.4 Å². The van der Waals surface area contributed by atoms with Crippen molar-refractivity contribution < 1.29 is 4.79 Å². The molecule has 0 saturated carbocycles. The zero-order chi connectivity index (χ0) is 13.2. The third kappa shape index (κ3) is 2.13. The number of aldehydes is 1. The molecular weight excluding hydrogens is 256 g/mol. The van der Waals surface area contributed by atoms with Crippen LogP contribution in [0.25, 0.3) is 21.9 Å². The maximum atomic E-state index is 10.8. The number of hydrogen-bond donors (Lipinski definition) is 0. The highest BCUT2D eigenvalue weighted by atomic mass is 35.5. The fourth-order valence-electron chi connectivity index (χ4n) is 2.27. The Balaban J connectivity index is 2.24. The molecule has 1 nitrogen and oxygen atoms in total. The number of fused-ring (bicyclic) bond motifs is 1. The van der Waals surface area contributed by atoms with Gasteiger partial charge in [-0.25, -0.2) is 0 Å². The first-order chi connectivity index (χ1) is 9.29. The average molecular weight is 267 g/mol. The molecule has 0 fully saturated rings. The van der Waals surface area contributed by atoms with Crippen molar-refractivity contribution in [2.24, 2.45) is 0 Å². The molecule has 0 radical (unpaired) electrons. The van der Waals surface area contributed by atoms with Crippen LogP contribution in [0.1, 0.15) is 10.4 Å². The van der Waals surface area contributed by atoms with Gasteiger partial charge < -0.3 is 0 Å². The van der Waals surface area contributed by atoms with Crippen molar-refractivity contribution in [2.45, 2.75) is 0 Å². The average Bonchev–Trinajstić information content (AvgIpc) is 2.46. The molecule has 0 unspecified atom stereocenters.